The minimum atomic E-state index is -0.501. The van der Waals surface area contributed by atoms with Gasteiger partial charge in [-0.2, -0.15) is 0 Å². The zero-order valence-electron chi connectivity index (χ0n) is 14.5. The zero-order chi connectivity index (χ0) is 17.7. The third kappa shape index (κ3) is 4.46. The van der Waals surface area contributed by atoms with E-state index < -0.39 is 5.60 Å². The Kier molecular flexibility index (Phi) is 5.42. The maximum atomic E-state index is 12.1. The highest BCUT2D eigenvalue weighted by Crippen LogP contribution is 2.21. The van der Waals surface area contributed by atoms with Crippen molar-refractivity contribution in [3.05, 3.63) is 11.9 Å². The number of nitrogen functional groups attached to an aromatic ring is 1. The standard InChI is InChI=1S/C15H24N6O3/c1-15(2,3)24-14(22)21-7-5-20(6-8-21)13-11(9-19-23-4)12(16)17-10-18-13/h9-10H,5-8H2,1-4H3,(H2,16,17,18)/b19-9+. The molecule has 1 aliphatic rings. The normalized spacial score (nSPS) is 15.7. The Hall–Kier alpha value is -2.58. The van der Waals surface area contributed by atoms with Crippen molar-refractivity contribution in [3.8, 4) is 0 Å². The second-order valence-corrected chi connectivity index (χ2v) is 6.37. The zero-order valence-corrected chi connectivity index (χ0v) is 14.5. The van der Waals surface area contributed by atoms with Gasteiger partial charge in [-0.3, -0.25) is 0 Å². The van der Waals surface area contributed by atoms with Crippen molar-refractivity contribution in [1.82, 2.24) is 14.9 Å². The molecule has 9 nitrogen and oxygen atoms in total. The van der Waals surface area contributed by atoms with Crippen LogP contribution < -0.4 is 10.6 Å². The van der Waals surface area contributed by atoms with Crippen LogP contribution in [0.4, 0.5) is 16.4 Å². The number of anilines is 2. The van der Waals surface area contributed by atoms with E-state index in [0.717, 1.165) is 0 Å². The smallest absolute Gasteiger partial charge is 0.410 e. The Bertz CT molecular complexity index is 606. The predicted octanol–water partition coefficient (Wildman–Crippen LogP) is 1.10. The fraction of sp³-hybridized carbons (Fsp3) is 0.600. The number of nitrogens with zero attached hydrogens (tertiary/aromatic N) is 5. The summed E-state index contributed by atoms with van der Waals surface area (Å²) in [5, 5.41) is 3.75. The van der Waals surface area contributed by atoms with Crippen LogP contribution in [-0.4, -0.2) is 66.1 Å². The number of carbonyl (C=O) groups excluding carboxylic acids is 1. The molecule has 132 valence electrons. The number of carbonyl (C=O) groups is 1. The van der Waals surface area contributed by atoms with E-state index in [0.29, 0.717) is 43.4 Å². The highest BCUT2D eigenvalue weighted by molar-refractivity contribution is 5.91. The first-order valence-corrected chi connectivity index (χ1v) is 7.71. The number of rotatable bonds is 3. The van der Waals surface area contributed by atoms with Gasteiger partial charge in [0, 0.05) is 26.2 Å². The van der Waals surface area contributed by atoms with Crippen molar-refractivity contribution >= 4 is 23.9 Å². The highest BCUT2D eigenvalue weighted by Gasteiger charge is 2.27. The van der Waals surface area contributed by atoms with Crippen LogP contribution >= 0.6 is 0 Å². The van der Waals surface area contributed by atoms with Crippen molar-refractivity contribution in [2.75, 3.05) is 43.9 Å². The van der Waals surface area contributed by atoms with Crippen LogP contribution in [0, 0.1) is 0 Å². The van der Waals surface area contributed by atoms with Crippen LogP contribution in [0.5, 0.6) is 0 Å². The first-order chi connectivity index (χ1) is 11.3. The Morgan fingerprint density at radius 3 is 2.54 bits per heavy atom. The van der Waals surface area contributed by atoms with Gasteiger partial charge in [0.25, 0.3) is 0 Å². The molecule has 0 aliphatic carbocycles. The Morgan fingerprint density at radius 2 is 1.96 bits per heavy atom. The van der Waals surface area contributed by atoms with E-state index in [1.807, 2.05) is 25.7 Å². The minimum Gasteiger partial charge on any atom is -0.444 e. The van der Waals surface area contributed by atoms with E-state index in [9.17, 15) is 4.79 Å². The number of amides is 1. The van der Waals surface area contributed by atoms with Crippen LogP contribution in [0.3, 0.4) is 0 Å². The molecule has 0 spiro atoms. The van der Waals surface area contributed by atoms with E-state index in [1.165, 1.54) is 19.7 Å². The summed E-state index contributed by atoms with van der Waals surface area (Å²) < 4.78 is 5.40. The molecule has 0 saturated carbocycles. The molecule has 1 fully saturated rings. The van der Waals surface area contributed by atoms with Crippen molar-refractivity contribution in [1.29, 1.82) is 0 Å². The summed E-state index contributed by atoms with van der Waals surface area (Å²) in [7, 11) is 1.45. The maximum absolute atomic E-state index is 12.1. The van der Waals surface area contributed by atoms with E-state index >= 15 is 0 Å². The van der Waals surface area contributed by atoms with Gasteiger partial charge in [0.05, 0.1) is 11.8 Å². The molecule has 1 aliphatic heterocycles. The lowest BCUT2D eigenvalue weighted by atomic mass is 10.2. The summed E-state index contributed by atoms with van der Waals surface area (Å²) in [5.41, 5.74) is 6.01. The SMILES string of the molecule is CO/N=C/c1c(N)ncnc1N1CCN(C(=O)OC(C)(C)C)CC1. The van der Waals surface area contributed by atoms with Crippen molar-refractivity contribution < 1.29 is 14.4 Å². The lowest BCUT2D eigenvalue weighted by Crippen LogP contribution is -2.50. The molecule has 0 aromatic carbocycles. The summed E-state index contributed by atoms with van der Waals surface area (Å²) in [6.45, 7) is 7.87. The predicted molar refractivity (Wildman–Crippen MR) is 91.1 cm³/mol. The van der Waals surface area contributed by atoms with E-state index in [4.69, 9.17) is 15.3 Å². The molecule has 1 saturated heterocycles. The second kappa shape index (κ2) is 7.33. The molecule has 0 unspecified atom stereocenters. The quantitative estimate of drug-likeness (QED) is 0.650. The monoisotopic (exact) mass is 336 g/mol. The molecule has 0 bridgehead atoms. The third-order valence-electron chi connectivity index (χ3n) is 3.41. The molecule has 1 amide bonds. The van der Waals surface area contributed by atoms with Crippen molar-refractivity contribution in [3.63, 3.8) is 0 Å². The molecule has 1 aromatic heterocycles. The van der Waals surface area contributed by atoms with Gasteiger partial charge in [-0.15, -0.1) is 0 Å². The lowest BCUT2D eigenvalue weighted by Gasteiger charge is -2.36. The topological polar surface area (TPSA) is 106 Å². The van der Waals surface area contributed by atoms with Crippen LogP contribution in [0.1, 0.15) is 26.3 Å². The average molecular weight is 336 g/mol. The Morgan fingerprint density at radius 1 is 1.29 bits per heavy atom. The summed E-state index contributed by atoms with van der Waals surface area (Å²) >= 11 is 0. The fourth-order valence-electron chi connectivity index (χ4n) is 2.31. The third-order valence-corrected chi connectivity index (χ3v) is 3.41. The summed E-state index contributed by atoms with van der Waals surface area (Å²) in [4.78, 5) is 28.8. The molecule has 2 rings (SSSR count). The molecule has 2 N–H and O–H groups in total. The Labute approximate surface area is 141 Å². The van der Waals surface area contributed by atoms with Gasteiger partial charge < -0.3 is 25.1 Å². The molecular formula is C15H24N6O3. The van der Waals surface area contributed by atoms with Gasteiger partial charge in [-0.25, -0.2) is 14.8 Å². The molecule has 2 heterocycles. The molecule has 24 heavy (non-hydrogen) atoms. The first-order valence-electron chi connectivity index (χ1n) is 7.71. The van der Waals surface area contributed by atoms with Crippen LogP contribution in [-0.2, 0) is 9.57 Å². The number of aromatic nitrogens is 2. The Balaban J connectivity index is 2.06. The molecule has 1 aromatic rings. The van der Waals surface area contributed by atoms with Crippen LogP contribution in [0.25, 0.3) is 0 Å². The molecule has 0 radical (unpaired) electrons. The van der Waals surface area contributed by atoms with Gasteiger partial charge in [0.1, 0.15) is 30.7 Å². The number of ether oxygens (including phenoxy) is 1. The minimum absolute atomic E-state index is 0.300. The number of piperazine rings is 1. The van der Waals surface area contributed by atoms with E-state index in [-0.39, 0.29) is 6.09 Å². The summed E-state index contributed by atoms with van der Waals surface area (Å²) in [5.74, 6) is 1.00. The van der Waals surface area contributed by atoms with Crippen molar-refractivity contribution in [2.45, 2.75) is 26.4 Å². The van der Waals surface area contributed by atoms with Gasteiger partial charge in [-0.1, -0.05) is 5.16 Å². The van der Waals surface area contributed by atoms with Gasteiger partial charge >= 0.3 is 6.09 Å². The van der Waals surface area contributed by atoms with Gasteiger partial charge in [0.15, 0.2) is 0 Å². The number of hydrogen-bond donors (Lipinski definition) is 1. The molecule has 9 heteroatoms. The fourth-order valence-corrected chi connectivity index (χ4v) is 2.31. The van der Waals surface area contributed by atoms with E-state index in [1.54, 1.807) is 4.90 Å². The average Bonchev–Trinajstić information content (AvgIpc) is 2.52. The lowest BCUT2D eigenvalue weighted by molar-refractivity contribution is 0.0240. The first kappa shape index (κ1) is 17.8. The number of oxime groups is 1. The second-order valence-electron chi connectivity index (χ2n) is 6.37. The number of nitrogens with two attached hydrogens (primary N) is 1. The van der Waals surface area contributed by atoms with Crippen LogP contribution in [0.15, 0.2) is 11.5 Å². The van der Waals surface area contributed by atoms with E-state index in [2.05, 4.69) is 15.1 Å². The summed E-state index contributed by atoms with van der Waals surface area (Å²) in [6.07, 6.45) is 2.60. The summed E-state index contributed by atoms with van der Waals surface area (Å²) in [6, 6.07) is 0. The largest absolute Gasteiger partial charge is 0.444 e. The maximum Gasteiger partial charge on any atom is 0.410 e. The molecular weight excluding hydrogens is 312 g/mol. The van der Waals surface area contributed by atoms with Gasteiger partial charge in [0.2, 0.25) is 0 Å². The highest BCUT2D eigenvalue weighted by atomic mass is 16.6. The van der Waals surface area contributed by atoms with Crippen molar-refractivity contribution in [2.24, 2.45) is 5.16 Å². The van der Waals surface area contributed by atoms with Crippen LogP contribution in [0.2, 0.25) is 0 Å². The number of hydrogen-bond acceptors (Lipinski definition) is 8. The van der Waals surface area contributed by atoms with Gasteiger partial charge in [-0.05, 0) is 20.8 Å². The molecule has 0 atom stereocenters.